The summed E-state index contributed by atoms with van der Waals surface area (Å²) in [5.74, 6) is 2.72. The van der Waals surface area contributed by atoms with Gasteiger partial charge in [0.1, 0.15) is 5.75 Å². The number of hydrogen-bond acceptors (Lipinski definition) is 3. The first-order chi connectivity index (χ1) is 9.22. The molecular formula is C14H19BrN2OS. The number of nitrogens with one attached hydrogen (secondary N) is 1. The second-order valence-electron chi connectivity index (χ2n) is 4.65. The number of thioether (sulfide) groups is 1. The highest BCUT2D eigenvalue weighted by Gasteiger charge is 2.06. The lowest BCUT2D eigenvalue weighted by Gasteiger charge is -2.07. The molecule has 0 spiro atoms. The van der Waals surface area contributed by atoms with Gasteiger partial charge in [0.15, 0.2) is 5.16 Å². The van der Waals surface area contributed by atoms with Gasteiger partial charge in [-0.15, -0.1) is 0 Å². The molecule has 1 aromatic heterocycles. The Bertz CT molecular complexity index is 529. The number of H-pyrrole nitrogens is 1. The lowest BCUT2D eigenvalue weighted by Crippen LogP contribution is -1.97. The highest BCUT2D eigenvalue weighted by Crippen LogP contribution is 2.24. The van der Waals surface area contributed by atoms with Crippen molar-refractivity contribution in [2.75, 3.05) is 18.2 Å². The van der Waals surface area contributed by atoms with Crippen LogP contribution < -0.4 is 4.74 Å². The third-order valence-corrected chi connectivity index (χ3v) is 4.48. The van der Waals surface area contributed by atoms with Crippen LogP contribution in [0.3, 0.4) is 0 Å². The van der Waals surface area contributed by atoms with E-state index in [1.54, 1.807) is 18.9 Å². The van der Waals surface area contributed by atoms with Crippen LogP contribution in [0.15, 0.2) is 23.4 Å². The Morgan fingerprint density at radius 3 is 3.00 bits per heavy atom. The van der Waals surface area contributed by atoms with Gasteiger partial charge >= 0.3 is 0 Å². The summed E-state index contributed by atoms with van der Waals surface area (Å²) in [7, 11) is 1.68. The van der Waals surface area contributed by atoms with Crippen molar-refractivity contribution in [3.63, 3.8) is 0 Å². The van der Waals surface area contributed by atoms with Gasteiger partial charge in [-0.05, 0) is 30.9 Å². The van der Waals surface area contributed by atoms with Crippen molar-refractivity contribution in [1.29, 1.82) is 0 Å². The average molecular weight is 343 g/mol. The van der Waals surface area contributed by atoms with E-state index in [1.807, 2.05) is 18.2 Å². The molecule has 0 amide bonds. The van der Waals surface area contributed by atoms with Crippen LogP contribution in [0.4, 0.5) is 0 Å². The monoisotopic (exact) mass is 342 g/mol. The molecule has 0 aliphatic heterocycles. The maximum Gasteiger partial charge on any atom is 0.166 e. The number of imidazole rings is 1. The fraction of sp³-hybridized carbons (Fsp3) is 0.500. The second kappa shape index (κ2) is 7.20. The third kappa shape index (κ3) is 4.14. The molecular weight excluding hydrogens is 324 g/mol. The first kappa shape index (κ1) is 14.7. The fourth-order valence-corrected chi connectivity index (χ4v) is 3.69. The topological polar surface area (TPSA) is 37.9 Å². The summed E-state index contributed by atoms with van der Waals surface area (Å²) in [5, 5.41) is 2.08. The molecule has 1 heterocycles. The molecule has 0 bridgehead atoms. The molecule has 1 N–H and O–H groups in total. The van der Waals surface area contributed by atoms with Gasteiger partial charge in [0.05, 0.1) is 18.1 Å². The molecule has 0 aliphatic carbocycles. The average Bonchev–Trinajstić information content (AvgIpc) is 2.80. The molecule has 0 saturated heterocycles. The van der Waals surface area contributed by atoms with E-state index in [0.29, 0.717) is 0 Å². The first-order valence-electron chi connectivity index (χ1n) is 6.45. The van der Waals surface area contributed by atoms with Crippen molar-refractivity contribution in [1.82, 2.24) is 9.97 Å². The fourth-order valence-electron chi connectivity index (χ4n) is 1.85. The molecule has 1 atom stereocenters. The molecule has 0 saturated carbocycles. The van der Waals surface area contributed by atoms with Crippen molar-refractivity contribution in [2.45, 2.75) is 24.9 Å². The highest BCUT2D eigenvalue weighted by molar-refractivity contribution is 9.09. The number of halogens is 1. The Balaban J connectivity index is 1.94. The standard InChI is InChI=1S/C14H19BrN2OS/c1-10(5-7-15)6-8-19-14-16-12-4-3-11(18-2)9-13(12)17-14/h3-4,9-10H,5-8H2,1-2H3,(H,16,17). The molecule has 104 valence electrons. The van der Waals surface area contributed by atoms with Crippen LogP contribution in [0.5, 0.6) is 5.75 Å². The van der Waals surface area contributed by atoms with Gasteiger partial charge in [-0.25, -0.2) is 4.98 Å². The number of hydrogen-bond donors (Lipinski definition) is 1. The lowest BCUT2D eigenvalue weighted by molar-refractivity contribution is 0.415. The maximum atomic E-state index is 5.21. The predicted molar refractivity (Wildman–Crippen MR) is 85.6 cm³/mol. The van der Waals surface area contributed by atoms with Gasteiger partial charge < -0.3 is 9.72 Å². The van der Waals surface area contributed by atoms with E-state index in [-0.39, 0.29) is 0 Å². The normalized spacial score (nSPS) is 12.8. The van der Waals surface area contributed by atoms with Crippen LogP contribution in [0.2, 0.25) is 0 Å². The number of benzene rings is 1. The zero-order valence-corrected chi connectivity index (χ0v) is 13.7. The Hall–Kier alpha value is -0.680. The van der Waals surface area contributed by atoms with Crippen molar-refractivity contribution in [2.24, 2.45) is 5.92 Å². The van der Waals surface area contributed by atoms with E-state index < -0.39 is 0 Å². The minimum atomic E-state index is 0.761. The van der Waals surface area contributed by atoms with Crippen LogP contribution in [-0.2, 0) is 0 Å². The Kier molecular flexibility index (Phi) is 5.58. The van der Waals surface area contributed by atoms with Crippen molar-refractivity contribution >= 4 is 38.7 Å². The third-order valence-electron chi connectivity index (χ3n) is 3.12. The van der Waals surface area contributed by atoms with E-state index in [2.05, 4.69) is 32.8 Å². The van der Waals surface area contributed by atoms with Gasteiger partial charge in [0.25, 0.3) is 0 Å². The second-order valence-corrected chi connectivity index (χ2v) is 6.52. The number of aromatic amines is 1. The van der Waals surface area contributed by atoms with E-state index in [1.165, 1.54) is 12.8 Å². The van der Waals surface area contributed by atoms with Crippen LogP contribution in [-0.4, -0.2) is 28.2 Å². The Morgan fingerprint density at radius 2 is 2.26 bits per heavy atom. The predicted octanol–water partition coefficient (Wildman–Crippen LogP) is 4.47. The summed E-state index contributed by atoms with van der Waals surface area (Å²) in [6.45, 7) is 2.30. The zero-order chi connectivity index (χ0) is 13.7. The summed E-state index contributed by atoms with van der Waals surface area (Å²) in [5.41, 5.74) is 2.03. The minimum absolute atomic E-state index is 0.761. The molecule has 1 aromatic carbocycles. The van der Waals surface area contributed by atoms with E-state index in [0.717, 1.165) is 38.9 Å². The largest absolute Gasteiger partial charge is 0.497 e. The van der Waals surface area contributed by atoms with Crippen molar-refractivity contribution < 1.29 is 4.74 Å². The number of rotatable bonds is 7. The molecule has 5 heteroatoms. The number of nitrogens with zero attached hydrogens (tertiary/aromatic N) is 1. The number of ether oxygens (including phenoxy) is 1. The molecule has 1 unspecified atom stereocenters. The van der Waals surface area contributed by atoms with Gasteiger partial charge in [0.2, 0.25) is 0 Å². The van der Waals surface area contributed by atoms with Gasteiger partial charge in [0, 0.05) is 17.1 Å². The number of alkyl halides is 1. The van der Waals surface area contributed by atoms with Gasteiger partial charge in [-0.1, -0.05) is 34.6 Å². The van der Waals surface area contributed by atoms with E-state index >= 15 is 0 Å². The van der Waals surface area contributed by atoms with Crippen molar-refractivity contribution in [3.8, 4) is 5.75 Å². The first-order valence-corrected chi connectivity index (χ1v) is 8.56. The van der Waals surface area contributed by atoms with Gasteiger partial charge in [-0.3, -0.25) is 0 Å². The Labute approximate surface area is 126 Å². The quantitative estimate of drug-likeness (QED) is 0.595. The molecule has 0 radical (unpaired) electrons. The highest BCUT2D eigenvalue weighted by atomic mass is 79.9. The van der Waals surface area contributed by atoms with Gasteiger partial charge in [-0.2, -0.15) is 0 Å². The summed E-state index contributed by atoms with van der Waals surface area (Å²) >= 11 is 5.28. The lowest BCUT2D eigenvalue weighted by atomic mass is 10.1. The smallest absolute Gasteiger partial charge is 0.166 e. The molecule has 2 aromatic rings. The SMILES string of the molecule is COc1ccc2nc(SCCC(C)CCBr)[nH]c2c1. The molecule has 0 aliphatic rings. The Morgan fingerprint density at radius 1 is 1.42 bits per heavy atom. The molecule has 0 fully saturated rings. The molecule has 2 rings (SSSR count). The van der Waals surface area contributed by atoms with Crippen LogP contribution in [0.25, 0.3) is 11.0 Å². The van der Waals surface area contributed by atoms with Crippen LogP contribution in [0.1, 0.15) is 19.8 Å². The number of aromatic nitrogens is 2. The van der Waals surface area contributed by atoms with E-state index in [9.17, 15) is 0 Å². The van der Waals surface area contributed by atoms with Crippen molar-refractivity contribution in [3.05, 3.63) is 18.2 Å². The number of methoxy groups -OCH3 is 1. The summed E-state index contributed by atoms with van der Waals surface area (Å²) < 4.78 is 5.21. The maximum absolute atomic E-state index is 5.21. The van der Waals surface area contributed by atoms with Crippen LogP contribution >= 0.6 is 27.7 Å². The summed E-state index contributed by atoms with van der Waals surface area (Å²) in [6, 6.07) is 5.91. The minimum Gasteiger partial charge on any atom is -0.497 e. The summed E-state index contributed by atoms with van der Waals surface area (Å²) in [6.07, 6.45) is 2.45. The zero-order valence-electron chi connectivity index (χ0n) is 11.3. The molecule has 19 heavy (non-hydrogen) atoms. The van der Waals surface area contributed by atoms with E-state index in [4.69, 9.17) is 4.74 Å². The molecule has 3 nitrogen and oxygen atoms in total. The number of fused-ring (bicyclic) bond motifs is 1. The van der Waals surface area contributed by atoms with Crippen LogP contribution in [0, 0.1) is 5.92 Å². The summed E-state index contributed by atoms with van der Waals surface area (Å²) in [4.78, 5) is 7.91.